The number of halogens is 1. The van der Waals surface area contributed by atoms with E-state index in [4.69, 9.17) is 21.1 Å². The predicted molar refractivity (Wildman–Crippen MR) is 72.2 cm³/mol. The molecule has 0 aromatic heterocycles. The van der Waals surface area contributed by atoms with Crippen molar-refractivity contribution in [3.8, 4) is 5.75 Å². The van der Waals surface area contributed by atoms with Crippen molar-refractivity contribution in [3.05, 3.63) is 42.5 Å². The van der Waals surface area contributed by atoms with Crippen LogP contribution in [-0.4, -0.2) is 17.5 Å². The molecule has 1 unspecified atom stereocenters. The third-order valence-electron chi connectivity index (χ3n) is 2.29. The first-order valence-electron chi connectivity index (χ1n) is 5.86. The zero-order valence-electron chi connectivity index (χ0n) is 10.6. The second-order valence-corrected chi connectivity index (χ2v) is 4.12. The summed E-state index contributed by atoms with van der Waals surface area (Å²) in [6, 6.07) is 6.28. The molecule has 0 saturated carbocycles. The topological polar surface area (TPSA) is 52.6 Å². The average molecular weight is 283 g/mol. The Balaban J connectivity index is 2.69. The second-order valence-electron chi connectivity index (χ2n) is 3.78. The SMILES string of the molecule is C=CC(=O)OC(CCC)Oc1ccc(C(=O)Cl)cc1. The Bertz CT molecular complexity index is 453. The van der Waals surface area contributed by atoms with Crippen molar-refractivity contribution in [3.63, 3.8) is 0 Å². The van der Waals surface area contributed by atoms with Gasteiger partial charge in [0.05, 0.1) is 0 Å². The molecular formula is C14H15ClO4. The van der Waals surface area contributed by atoms with Crippen molar-refractivity contribution in [2.45, 2.75) is 26.1 Å². The minimum absolute atomic E-state index is 0.379. The number of esters is 1. The first-order chi connectivity index (χ1) is 9.06. The molecule has 0 heterocycles. The number of carbonyl (C=O) groups excluding carboxylic acids is 2. The van der Waals surface area contributed by atoms with Gasteiger partial charge in [-0.3, -0.25) is 4.79 Å². The van der Waals surface area contributed by atoms with E-state index < -0.39 is 17.5 Å². The number of hydrogen-bond acceptors (Lipinski definition) is 4. The van der Waals surface area contributed by atoms with Gasteiger partial charge in [0, 0.05) is 18.1 Å². The van der Waals surface area contributed by atoms with Crippen molar-refractivity contribution in [2.75, 3.05) is 0 Å². The van der Waals surface area contributed by atoms with Crippen molar-refractivity contribution >= 4 is 22.8 Å². The third kappa shape index (κ3) is 5.14. The van der Waals surface area contributed by atoms with Crippen LogP contribution in [0.15, 0.2) is 36.9 Å². The Hall–Kier alpha value is -1.81. The van der Waals surface area contributed by atoms with Crippen LogP contribution in [0, 0.1) is 0 Å². The molecule has 0 radical (unpaired) electrons. The summed E-state index contributed by atoms with van der Waals surface area (Å²) < 4.78 is 10.6. The summed E-state index contributed by atoms with van der Waals surface area (Å²) in [5.74, 6) is -0.0389. The van der Waals surface area contributed by atoms with E-state index in [0.29, 0.717) is 17.7 Å². The molecule has 19 heavy (non-hydrogen) atoms. The highest BCUT2D eigenvalue weighted by Gasteiger charge is 2.13. The molecular weight excluding hydrogens is 268 g/mol. The van der Waals surface area contributed by atoms with Gasteiger partial charge in [-0.2, -0.15) is 0 Å². The lowest BCUT2D eigenvalue weighted by molar-refractivity contribution is -0.158. The number of benzene rings is 1. The molecule has 0 fully saturated rings. The quantitative estimate of drug-likeness (QED) is 0.333. The standard InChI is InChI=1S/C14H15ClO4/c1-3-5-13(19-12(16)4-2)18-11-8-6-10(7-9-11)14(15)17/h4,6-9,13H,2-3,5H2,1H3. The molecule has 1 aromatic rings. The fourth-order valence-electron chi connectivity index (χ4n) is 1.37. The van der Waals surface area contributed by atoms with E-state index in [9.17, 15) is 9.59 Å². The van der Waals surface area contributed by atoms with Gasteiger partial charge in [-0.05, 0) is 42.3 Å². The van der Waals surface area contributed by atoms with Crippen LogP contribution >= 0.6 is 11.6 Å². The molecule has 0 spiro atoms. The van der Waals surface area contributed by atoms with Crippen LogP contribution in [0.1, 0.15) is 30.1 Å². The predicted octanol–water partition coefficient (Wildman–Crippen LogP) is 3.30. The van der Waals surface area contributed by atoms with Crippen LogP contribution in [0.25, 0.3) is 0 Å². The summed E-state index contributed by atoms with van der Waals surface area (Å²) >= 11 is 5.34. The van der Waals surface area contributed by atoms with Crippen molar-refractivity contribution < 1.29 is 19.1 Å². The summed E-state index contributed by atoms with van der Waals surface area (Å²) in [4.78, 5) is 22.1. The van der Waals surface area contributed by atoms with Crippen LogP contribution in [0.5, 0.6) is 5.75 Å². The summed E-state index contributed by atoms with van der Waals surface area (Å²) in [7, 11) is 0. The monoisotopic (exact) mass is 282 g/mol. The van der Waals surface area contributed by atoms with E-state index in [1.54, 1.807) is 24.3 Å². The average Bonchev–Trinajstić information content (AvgIpc) is 2.39. The molecule has 0 amide bonds. The van der Waals surface area contributed by atoms with Gasteiger partial charge < -0.3 is 9.47 Å². The van der Waals surface area contributed by atoms with Gasteiger partial charge in [0.2, 0.25) is 6.29 Å². The summed E-state index contributed by atoms with van der Waals surface area (Å²) in [6.07, 6.45) is 1.78. The maximum Gasteiger partial charge on any atom is 0.333 e. The van der Waals surface area contributed by atoms with E-state index >= 15 is 0 Å². The molecule has 0 aliphatic rings. The maximum absolute atomic E-state index is 11.1. The van der Waals surface area contributed by atoms with Gasteiger partial charge >= 0.3 is 5.97 Å². The van der Waals surface area contributed by atoms with E-state index in [-0.39, 0.29) is 0 Å². The zero-order chi connectivity index (χ0) is 14.3. The van der Waals surface area contributed by atoms with E-state index in [0.717, 1.165) is 12.5 Å². The van der Waals surface area contributed by atoms with E-state index in [1.807, 2.05) is 6.92 Å². The van der Waals surface area contributed by atoms with Crippen LogP contribution in [0.3, 0.4) is 0 Å². The normalized spacial score (nSPS) is 11.5. The lowest BCUT2D eigenvalue weighted by Crippen LogP contribution is -2.23. The van der Waals surface area contributed by atoms with Crippen molar-refractivity contribution in [1.29, 1.82) is 0 Å². The minimum Gasteiger partial charge on any atom is -0.455 e. The van der Waals surface area contributed by atoms with Gasteiger partial charge in [-0.15, -0.1) is 0 Å². The number of rotatable bonds is 7. The van der Waals surface area contributed by atoms with E-state index in [2.05, 4.69) is 6.58 Å². The highest BCUT2D eigenvalue weighted by molar-refractivity contribution is 6.67. The first-order valence-corrected chi connectivity index (χ1v) is 6.24. The first kappa shape index (κ1) is 15.2. The van der Waals surface area contributed by atoms with Gasteiger partial charge in [0.15, 0.2) is 0 Å². The summed E-state index contributed by atoms with van der Waals surface area (Å²) in [5, 5.41) is -0.533. The van der Waals surface area contributed by atoms with Crippen LogP contribution in [0.2, 0.25) is 0 Å². The molecule has 0 aliphatic heterocycles. The largest absolute Gasteiger partial charge is 0.455 e. The Morgan fingerprint density at radius 2 is 2.00 bits per heavy atom. The molecule has 4 nitrogen and oxygen atoms in total. The van der Waals surface area contributed by atoms with Crippen LogP contribution in [-0.2, 0) is 9.53 Å². The molecule has 0 saturated heterocycles. The fourth-order valence-corrected chi connectivity index (χ4v) is 1.50. The Morgan fingerprint density at radius 3 is 2.47 bits per heavy atom. The van der Waals surface area contributed by atoms with Gasteiger partial charge in [0.25, 0.3) is 5.24 Å². The Labute approximate surface area is 117 Å². The lowest BCUT2D eigenvalue weighted by Gasteiger charge is -2.18. The molecule has 0 aliphatic carbocycles. The number of carbonyl (C=O) groups is 2. The van der Waals surface area contributed by atoms with Crippen molar-refractivity contribution in [2.24, 2.45) is 0 Å². The molecule has 5 heteroatoms. The van der Waals surface area contributed by atoms with Crippen LogP contribution in [0.4, 0.5) is 0 Å². The number of hydrogen-bond donors (Lipinski definition) is 0. The molecule has 0 N–H and O–H groups in total. The smallest absolute Gasteiger partial charge is 0.333 e. The maximum atomic E-state index is 11.1. The molecule has 1 rings (SSSR count). The van der Waals surface area contributed by atoms with Crippen LogP contribution < -0.4 is 4.74 Å². The fraction of sp³-hybridized carbons (Fsp3) is 0.286. The Kier molecular flexibility index (Phi) is 6.09. The third-order valence-corrected chi connectivity index (χ3v) is 2.51. The Morgan fingerprint density at radius 1 is 1.37 bits per heavy atom. The zero-order valence-corrected chi connectivity index (χ0v) is 11.4. The van der Waals surface area contributed by atoms with Crippen molar-refractivity contribution in [1.82, 2.24) is 0 Å². The molecule has 0 bridgehead atoms. The van der Waals surface area contributed by atoms with Gasteiger partial charge in [0.1, 0.15) is 5.75 Å². The lowest BCUT2D eigenvalue weighted by atomic mass is 10.2. The summed E-state index contributed by atoms with van der Waals surface area (Å²) in [6.45, 7) is 5.28. The van der Waals surface area contributed by atoms with Gasteiger partial charge in [-0.1, -0.05) is 13.5 Å². The highest BCUT2D eigenvalue weighted by atomic mass is 35.5. The minimum atomic E-state index is -0.673. The molecule has 102 valence electrons. The van der Waals surface area contributed by atoms with Gasteiger partial charge in [-0.25, -0.2) is 4.79 Å². The van der Waals surface area contributed by atoms with E-state index in [1.165, 1.54) is 0 Å². The molecule has 1 atom stereocenters. The second kappa shape index (κ2) is 7.59. The number of ether oxygens (including phenoxy) is 2. The summed E-state index contributed by atoms with van der Waals surface area (Å²) in [5.41, 5.74) is 0.379. The molecule has 1 aromatic carbocycles. The highest BCUT2D eigenvalue weighted by Crippen LogP contribution is 2.17.